The third-order valence-corrected chi connectivity index (χ3v) is 4.82. The Labute approximate surface area is 148 Å². The van der Waals surface area contributed by atoms with Crippen molar-refractivity contribution in [1.82, 2.24) is 5.32 Å². The van der Waals surface area contributed by atoms with Crippen molar-refractivity contribution in [2.45, 2.75) is 30.7 Å². The van der Waals surface area contributed by atoms with E-state index in [1.165, 1.54) is 12.1 Å². The quantitative estimate of drug-likeness (QED) is 0.788. The Morgan fingerprint density at radius 2 is 1.72 bits per heavy atom. The molecular formula is C18H22N2O4S. The van der Waals surface area contributed by atoms with Gasteiger partial charge in [0.25, 0.3) is 0 Å². The first-order valence-corrected chi connectivity index (χ1v) is 9.39. The Morgan fingerprint density at radius 3 is 2.24 bits per heavy atom. The highest BCUT2D eigenvalue weighted by atomic mass is 32.2. The molecule has 2 rings (SSSR count). The summed E-state index contributed by atoms with van der Waals surface area (Å²) in [5.74, 6) is 0.698. The molecule has 0 aliphatic rings. The van der Waals surface area contributed by atoms with Gasteiger partial charge < -0.3 is 10.1 Å². The lowest BCUT2D eigenvalue weighted by atomic mass is 10.1. The summed E-state index contributed by atoms with van der Waals surface area (Å²) in [6, 6.07) is 13.6. The first kappa shape index (κ1) is 19.0. The summed E-state index contributed by atoms with van der Waals surface area (Å²) in [4.78, 5) is 12.2. The van der Waals surface area contributed by atoms with Gasteiger partial charge in [0.05, 0.1) is 18.0 Å². The van der Waals surface area contributed by atoms with E-state index < -0.39 is 10.0 Å². The van der Waals surface area contributed by atoms with Crippen LogP contribution in [0.2, 0.25) is 0 Å². The molecule has 1 atom stereocenters. The highest BCUT2D eigenvalue weighted by Gasteiger charge is 2.11. The summed E-state index contributed by atoms with van der Waals surface area (Å²) in [5.41, 5.74) is 1.87. The standard InChI is InChI=1S/C18H22N2O4S/c1-13(15-6-8-16(24-2)9-7-15)20-18(21)12-5-14-3-10-17(11-4-14)25(19,22)23/h3-4,6-11,13H,5,12H2,1-2H3,(H,20,21)(H2,19,22,23)/t13-/m0/s1. The van der Waals surface area contributed by atoms with Crippen LogP contribution in [0.3, 0.4) is 0 Å². The topological polar surface area (TPSA) is 98.5 Å². The number of carbonyl (C=O) groups excluding carboxylic acids is 1. The number of amides is 1. The molecule has 3 N–H and O–H groups in total. The highest BCUT2D eigenvalue weighted by molar-refractivity contribution is 7.89. The molecule has 0 fully saturated rings. The van der Waals surface area contributed by atoms with Gasteiger partial charge in [-0.2, -0.15) is 0 Å². The first-order valence-electron chi connectivity index (χ1n) is 7.84. The molecule has 0 aliphatic carbocycles. The van der Waals surface area contributed by atoms with E-state index in [-0.39, 0.29) is 16.8 Å². The van der Waals surface area contributed by atoms with Gasteiger partial charge in [0.1, 0.15) is 5.75 Å². The molecule has 0 aromatic heterocycles. The van der Waals surface area contributed by atoms with E-state index in [0.717, 1.165) is 16.9 Å². The summed E-state index contributed by atoms with van der Waals surface area (Å²) in [6.07, 6.45) is 0.835. The number of methoxy groups -OCH3 is 1. The van der Waals surface area contributed by atoms with Crippen molar-refractivity contribution in [2.24, 2.45) is 5.14 Å². The average Bonchev–Trinajstić information content (AvgIpc) is 2.59. The number of hydrogen-bond donors (Lipinski definition) is 2. The van der Waals surface area contributed by atoms with Crippen LogP contribution >= 0.6 is 0 Å². The molecule has 1 amide bonds. The lowest BCUT2D eigenvalue weighted by Crippen LogP contribution is -2.26. The van der Waals surface area contributed by atoms with Crippen LogP contribution in [0, 0.1) is 0 Å². The number of benzene rings is 2. The Kier molecular flexibility index (Phi) is 6.17. The van der Waals surface area contributed by atoms with Crippen molar-refractivity contribution in [1.29, 1.82) is 0 Å². The van der Waals surface area contributed by atoms with E-state index in [1.54, 1.807) is 19.2 Å². The molecular weight excluding hydrogens is 340 g/mol. The highest BCUT2D eigenvalue weighted by Crippen LogP contribution is 2.17. The van der Waals surface area contributed by atoms with Gasteiger partial charge in [-0.05, 0) is 48.7 Å². The maximum absolute atomic E-state index is 12.1. The molecule has 7 heteroatoms. The lowest BCUT2D eigenvalue weighted by Gasteiger charge is -2.15. The Balaban J connectivity index is 1.87. The van der Waals surface area contributed by atoms with E-state index in [9.17, 15) is 13.2 Å². The van der Waals surface area contributed by atoms with Crippen LogP contribution in [-0.2, 0) is 21.2 Å². The third-order valence-electron chi connectivity index (χ3n) is 3.89. The number of aryl methyl sites for hydroxylation is 1. The first-order chi connectivity index (χ1) is 11.8. The summed E-state index contributed by atoms with van der Waals surface area (Å²) in [6.45, 7) is 1.92. The Bertz CT molecular complexity index is 815. The molecule has 25 heavy (non-hydrogen) atoms. The SMILES string of the molecule is COc1ccc([C@H](C)NC(=O)CCc2ccc(S(N)(=O)=O)cc2)cc1. The van der Waals surface area contributed by atoms with Gasteiger partial charge >= 0.3 is 0 Å². The smallest absolute Gasteiger partial charge is 0.238 e. The summed E-state index contributed by atoms with van der Waals surface area (Å²) in [5, 5.41) is 8.00. The fourth-order valence-electron chi connectivity index (χ4n) is 2.39. The van der Waals surface area contributed by atoms with Crippen LogP contribution < -0.4 is 15.2 Å². The van der Waals surface area contributed by atoms with Crippen molar-refractivity contribution < 1.29 is 17.9 Å². The van der Waals surface area contributed by atoms with E-state index in [4.69, 9.17) is 9.88 Å². The second-order valence-electron chi connectivity index (χ2n) is 5.75. The van der Waals surface area contributed by atoms with Gasteiger partial charge in [0.2, 0.25) is 15.9 Å². The molecule has 0 bridgehead atoms. The van der Waals surface area contributed by atoms with E-state index in [1.807, 2.05) is 31.2 Å². The van der Waals surface area contributed by atoms with Crippen molar-refractivity contribution in [2.75, 3.05) is 7.11 Å². The summed E-state index contributed by atoms with van der Waals surface area (Å²) < 4.78 is 27.5. The van der Waals surface area contributed by atoms with Crippen LogP contribution in [-0.4, -0.2) is 21.4 Å². The molecule has 0 aliphatic heterocycles. The number of ether oxygens (including phenoxy) is 1. The normalized spacial score (nSPS) is 12.4. The molecule has 2 aromatic rings. The second-order valence-corrected chi connectivity index (χ2v) is 7.31. The Morgan fingerprint density at radius 1 is 1.12 bits per heavy atom. The minimum absolute atomic E-state index is 0.0637. The predicted molar refractivity (Wildman–Crippen MR) is 95.7 cm³/mol. The van der Waals surface area contributed by atoms with Crippen LogP contribution in [0.25, 0.3) is 0 Å². The van der Waals surface area contributed by atoms with Gasteiger partial charge in [-0.3, -0.25) is 4.79 Å². The van der Waals surface area contributed by atoms with Crippen LogP contribution in [0.5, 0.6) is 5.75 Å². The minimum atomic E-state index is -3.69. The number of rotatable bonds is 7. The zero-order chi connectivity index (χ0) is 18.4. The number of primary sulfonamides is 1. The largest absolute Gasteiger partial charge is 0.497 e. The van der Waals surface area contributed by atoms with Crippen molar-refractivity contribution in [3.63, 3.8) is 0 Å². The van der Waals surface area contributed by atoms with E-state index >= 15 is 0 Å². The zero-order valence-electron chi connectivity index (χ0n) is 14.2. The molecule has 0 saturated carbocycles. The fraction of sp³-hybridized carbons (Fsp3) is 0.278. The van der Waals surface area contributed by atoms with E-state index in [0.29, 0.717) is 12.8 Å². The molecule has 0 saturated heterocycles. The molecule has 6 nitrogen and oxygen atoms in total. The molecule has 0 radical (unpaired) electrons. The third kappa shape index (κ3) is 5.58. The predicted octanol–water partition coefficient (Wildman–Crippen LogP) is 2.15. The summed E-state index contributed by atoms with van der Waals surface area (Å²) >= 11 is 0. The Hall–Kier alpha value is -2.38. The number of nitrogens with two attached hydrogens (primary N) is 1. The van der Waals surface area contributed by atoms with Crippen LogP contribution in [0.1, 0.15) is 30.5 Å². The summed E-state index contributed by atoms with van der Waals surface area (Å²) in [7, 11) is -2.08. The van der Waals surface area contributed by atoms with E-state index in [2.05, 4.69) is 5.32 Å². The van der Waals surface area contributed by atoms with Gasteiger partial charge in [-0.15, -0.1) is 0 Å². The zero-order valence-corrected chi connectivity index (χ0v) is 15.0. The van der Waals surface area contributed by atoms with Gasteiger partial charge in [-0.25, -0.2) is 13.6 Å². The molecule has 0 heterocycles. The maximum Gasteiger partial charge on any atom is 0.238 e. The molecule has 0 spiro atoms. The van der Waals surface area contributed by atoms with Crippen LogP contribution in [0.15, 0.2) is 53.4 Å². The van der Waals surface area contributed by atoms with Gasteiger partial charge in [0.15, 0.2) is 0 Å². The van der Waals surface area contributed by atoms with Crippen molar-refractivity contribution in [3.8, 4) is 5.75 Å². The molecule has 0 unspecified atom stereocenters. The maximum atomic E-state index is 12.1. The molecule has 2 aromatic carbocycles. The monoisotopic (exact) mass is 362 g/mol. The molecule has 134 valence electrons. The lowest BCUT2D eigenvalue weighted by molar-refractivity contribution is -0.121. The second kappa shape index (κ2) is 8.13. The average molecular weight is 362 g/mol. The van der Waals surface area contributed by atoms with Crippen molar-refractivity contribution >= 4 is 15.9 Å². The van der Waals surface area contributed by atoms with Crippen molar-refractivity contribution in [3.05, 3.63) is 59.7 Å². The number of carbonyl (C=O) groups is 1. The number of nitrogens with one attached hydrogen (secondary N) is 1. The minimum Gasteiger partial charge on any atom is -0.497 e. The number of hydrogen-bond acceptors (Lipinski definition) is 4. The van der Waals surface area contributed by atoms with Crippen LogP contribution in [0.4, 0.5) is 0 Å². The van der Waals surface area contributed by atoms with Gasteiger partial charge in [-0.1, -0.05) is 24.3 Å². The number of sulfonamides is 1. The van der Waals surface area contributed by atoms with Gasteiger partial charge in [0, 0.05) is 6.42 Å². The fourth-order valence-corrected chi connectivity index (χ4v) is 2.91.